The van der Waals surface area contributed by atoms with E-state index in [-0.39, 0.29) is 31.0 Å². The molecule has 0 aromatic carbocycles. The molecule has 0 unspecified atom stereocenters. The van der Waals surface area contributed by atoms with Gasteiger partial charge in [0.15, 0.2) is 0 Å². The van der Waals surface area contributed by atoms with Crippen molar-refractivity contribution in [2.24, 2.45) is 0 Å². The van der Waals surface area contributed by atoms with Crippen molar-refractivity contribution in [2.75, 3.05) is 0 Å². The van der Waals surface area contributed by atoms with E-state index in [4.69, 9.17) is 10.6 Å². The van der Waals surface area contributed by atoms with Crippen LogP contribution in [0.5, 0.6) is 0 Å². The summed E-state index contributed by atoms with van der Waals surface area (Å²) in [5.41, 5.74) is 0. The Hall–Kier alpha value is -1.05. The average Bonchev–Trinajstić information content (AvgIpc) is 2.53. The summed E-state index contributed by atoms with van der Waals surface area (Å²) >= 11 is 0. The minimum absolute atomic E-state index is 0.0857. The molecule has 2 nitrogen and oxygen atoms in total. The lowest BCUT2D eigenvalue weighted by Gasteiger charge is -1.98. The lowest BCUT2D eigenvalue weighted by Crippen LogP contribution is -1.93. The molecule has 0 aliphatic rings. The molecule has 0 bridgehead atoms. The second-order valence-corrected chi connectivity index (χ2v) is 5.00. The van der Waals surface area contributed by atoms with Crippen LogP contribution in [0.1, 0.15) is 89.5 Å². The molecule has 0 spiro atoms. The fourth-order valence-electron chi connectivity index (χ4n) is 1.83. The summed E-state index contributed by atoms with van der Waals surface area (Å²) < 4.78 is 31.5. The maximum absolute atomic E-state index is 10.4. The normalized spacial score (nSPS) is 16.4. The molecule has 0 radical (unpaired) electrons. The number of unbranched alkanes of at least 4 members (excludes halogenated alkanes) is 6. The highest BCUT2D eigenvalue weighted by Gasteiger charge is 1.95. The average molecular weight is 284 g/mol. The highest BCUT2D eigenvalue weighted by molar-refractivity contribution is 5.66. The Bertz CT molecular complexity index is 431. The minimum Gasteiger partial charge on any atom is -0.481 e. The molecule has 0 rings (SSSR count). The van der Waals surface area contributed by atoms with Gasteiger partial charge in [0, 0.05) is 6.42 Å². The maximum Gasteiger partial charge on any atom is 0.303 e. The first kappa shape index (κ1) is 12.7. The molecule has 0 fully saturated rings. The zero-order valence-electron chi connectivity index (χ0n) is 16.8. The van der Waals surface area contributed by atoms with Gasteiger partial charge >= 0.3 is 5.97 Å². The maximum atomic E-state index is 10.4. The Morgan fingerprint density at radius 3 is 2.05 bits per heavy atom. The van der Waals surface area contributed by atoms with Crippen molar-refractivity contribution in [1.82, 2.24) is 0 Å². The van der Waals surface area contributed by atoms with Gasteiger partial charge in [0.2, 0.25) is 0 Å². The van der Waals surface area contributed by atoms with Gasteiger partial charge in [-0.1, -0.05) is 63.2 Å². The predicted octanol–water partition coefficient (Wildman–Crippen LogP) is 5.88. The molecular weight excluding hydrogens is 248 g/mol. The first-order valence-corrected chi connectivity index (χ1v) is 7.90. The Morgan fingerprint density at radius 1 is 0.900 bits per heavy atom. The van der Waals surface area contributed by atoms with Crippen LogP contribution in [0, 0.1) is 0 Å². The van der Waals surface area contributed by atoms with E-state index in [0.717, 1.165) is 44.9 Å². The number of carboxylic acids is 1. The van der Waals surface area contributed by atoms with Crippen LogP contribution in [0.4, 0.5) is 0 Å². The summed E-state index contributed by atoms with van der Waals surface area (Å²) in [6.07, 6.45) is 8.72. The first-order valence-electron chi connectivity index (χ1n) is 9.90. The van der Waals surface area contributed by atoms with Crippen molar-refractivity contribution in [3.8, 4) is 0 Å². The zero-order valence-corrected chi connectivity index (χ0v) is 12.8. The zero-order chi connectivity index (χ0) is 18.4. The van der Waals surface area contributed by atoms with Crippen LogP contribution in [0.15, 0.2) is 24.2 Å². The SMILES string of the molecule is [2H]/C(CCCCC)=C(/[2H])C/C([2H])=C(\[2H])CCCCCCCC(=O)O. The van der Waals surface area contributed by atoms with E-state index in [9.17, 15) is 4.79 Å². The molecular formula is C18H32O2. The van der Waals surface area contributed by atoms with Crippen LogP contribution < -0.4 is 0 Å². The third kappa shape index (κ3) is 16.9. The second-order valence-electron chi connectivity index (χ2n) is 5.00. The van der Waals surface area contributed by atoms with Gasteiger partial charge in [0.1, 0.15) is 0 Å². The Labute approximate surface area is 130 Å². The molecule has 116 valence electrons. The number of hydrogen-bond donors (Lipinski definition) is 1. The van der Waals surface area contributed by atoms with E-state index in [1.54, 1.807) is 0 Å². The van der Waals surface area contributed by atoms with E-state index in [1.807, 2.05) is 0 Å². The summed E-state index contributed by atoms with van der Waals surface area (Å²) in [7, 11) is 0. The summed E-state index contributed by atoms with van der Waals surface area (Å²) in [6.45, 7) is 2.10. The van der Waals surface area contributed by atoms with E-state index < -0.39 is 5.97 Å². The second kappa shape index (κ2) is 16.0. The highest BCUT2D eigenvalue weighted by Crippen LogP contribution is 2.08. The topological polar surface area (TPSA) is 37.3 Å². The third-order valence-corrected chi connectivity index (χ3v) is 3.02. The smallest absolute Gasteiger partial charge is 0.303 e. The lowest BCUT2D eigenvalue weighted by molar-refractivity contribution is -0.137. The van der Waals surface area contributed by atoms with Gasteiger partial charge in [-0.2, -0.15) is 0 Å². The summed E-state index contributed by atoms with van der Waals surface area (Å²) in [5, 5.41) is 8.54. The number of hydrogen-bond acceptors (Lipinski definition) is 1. The van der Waals surface area contributed by atoms with Crippen LogP contribution in [-0.2, 0) is 4.79 Å². The van der Waals surface area contributed by atoms with Crippen molar-refractivity contribution in [2.45, 2.75) is 84.0 Å². The Kier molecular flexibility index (Phi) is 10.1. The van der Waals surface area contributed by atoms with E-state index >= 15 is 0 Å². The molecule has 2 heteroatoms. The molecule has 0 saturated heterocycles. The van der Waals surface area contributed by atoms with Gasteiger partial charge in [-0.05, 0) is 38.5 Å². The number of carbonyl (C=O) groups is 1. The number of allylic oxidation sites excluding steroid dienone is 4. The molecule has 0 aromatic rings. The number of aliphatic carboxylic acids is 1. The largest absolute Gasteiger partial charge is 0.481 e. The van der Waals surface area contributed by atoms with Gasteiger partial charge in [-0.25, -0.2) is 0 Å². The molecule has 0 amide bonds. The fraction of sp³-hybridized carbons (Fsp3) is 0.722. The van der Waals surface area contributed by atoms with Crippen molar-refractivity contribution in [3.63, 3.8) is 0 Å². The molecule has 0 heterocycles. The van der Waals surface area contributed by atoms with Crippen LogP contribution in [0.3, 0.4) is 0 Å². The summed E-state index contributed by atoms with van der Waals surface area (Å²) in [5.74, 6) is -0.757. The fourth-order valence-corrected chi connectivity index (χ4v) is 1.83. The molecule has 0 aliphatic heterocycles. The Balaban J connectivity index is 4.05. The molecule has 0 aliphatic carbocycles. The van der Waals surface area contributed by atoms with Crippen molar-refractivity contribution in [3.05, 3.63) is 24.2 Å². The molecule has 0 atom stereocenters. The molecule has 1 N–H and O–H groups in total. The lowest BCUT2D eigenvalue weighted by atomic mass is 10.1. The molecule has 0 aromatic heterocycles. The number of rotatable bonds is 14. The third-order valence-electron chi connectivity index (χ3n) is 3.02. The summed E-state index contributed by atoms with van der Waals surface area (Å²) in [4.78, 5) is 10.4. The Morgan fingerprint density at radius 2 is 1.45 bits per heavy atom. The molecule has 20 heavy (non-hydrogen) atoms. The molecule has 0 saturated carbocycles. The predicted molar refractivity (Wildman–Crippen MR) is 87.0 cm³/mol. The van der Waals surface area contributed by atoms with Crippen LogP contribution in [-0.4, -0.2) is 11.1 Å². The van der Waals surface area contributed by atoms with Gasteiger partial charge < -0.3 is 5.11 Å². The van der Waals surface area contributed by atoms with Gasteiger partial charge in [0.25, 0.3) is 0 Å². The van der Waals surface area contributed by atoms with Gasteiger partial charge in [-0.15, -0.1) is 0 Å². The van der Waals surface area contributed by atoms with Gasteiger partial charge in [0.05, 0.1) is 5.48 Å². The van der Waals surface area contributed by atoms with Crippen molar-refractivity contribution >= 4 is 5.97 Å². The van der Waals surface area contributed by atoms with Crippen molar-refractivity contribution < 1.29 is 15.4 Å². The van der Waals surface area contributed by atoms with Crippen LogP contribution in [0.25, 0.3) is 0 Å². The van der Waals surface area contributed by atoms with Crippen LogP contribution in [0.2, 0.25) is 0 Å². The van der Waals surface area contributed by atoms with E-state index in [2.05, 4.69) is 6.92 Å². The van der Waals surface area contributed by atoms with E-state index in [1.165, 1.54) is 0 Å². The summed E-state index contributed by atoms with van der Waals surface area (Å²) in [6, 6.07) is 0.853. The highest BCUT2D eigenvalue weighted by atomic mass is 16.4. The van der Waals surface area contributed by atoms with Crippen LogP contribution >= 0.6 is 0 Å². The quantitative estimate of drug-likeness (QED) is 0.319. The standard InChI is InChI=1S/C18H32O2/c1-2-3-4-5-6-7-8-9-10-11-12-13-14-15-16-17-18(19)20/h6-7,9-10H,2-5,8,11-17H2,1H3,(H,19,20)/b7-6+,10-9+/i6D,7D,9D,10D. The monoisotopic (exact) mass is 284 g/mol. The number of carboxylic acid groups (broad SMARTS) is 1. The van der Waals surface area contributed by atoms with Gasteiger partial charge in [-0.3, -0.25) is 4.79 Å². The first-order chi connectivity index (χ1) is 11.4. The van der Waals surface area contributed by atoms with E-state index in [0.29, 0.717) is 25.3 Å². The van der Waals surface area contributed by atoms with Crippen molar-refractivity contribution in [1.29, 1.82) is 0 Å². The minimum atomic E-state index is -0.757.